The number of carbonyl (C=O) groups is 1. The highest BCUT2D eigenvalue weighted by molar-refractivity contribution is 9.09. The third kappa shape index (κ3) is 4.09. The predicted octanol–water partition coefficient (Wildman–Crippen LogP) is 3.19. The molecule has 1 aliphatic carbocycles. The SMILES string of the molecule is O=C(Cc1ccc(F)cc1)NC1CCC(Br)CC1. The fraction of sp³-hybridized carbons (Fsp3) is 0.500. The Labute approximate surface area is 115 Å². The van der Waals surface area contributed by atoms with Crippen molar-refractivity contribution >= 4 is 21.8 Å². The Hall–Kier alpha value is -0.900. The average Bonchev–Trinajstić information content (AvgIpc) is 2.35. The molecule has 2 nitrogen and oxygen atoms in total. The number of alkyl halides is 1. The van der Waals surface area contributed by atoms with Crippen LogP contribution in [-0.4, -0.2) is 16.8 Å². The van der Waals surface area contributed by atoms with E-state index in [1.54, 1.807) is 12.1 Å². The van der Waals surface area contributed by atoms with E-state index in [4.69, 9.17) is 0 Å². The zero-order valence-corrected chi connectivity index (χ0v) is 11.7. The third-order valence-electron chi connectivity index (χ3n) is 3.30. The second kappa shape index (κ2) is 6.32. The summed E-state index contributed by atoms with van der Waals surface area (Å²) in [6.45, 7) is 0. The van der Waals surface area contributed by atoms with Crippen LogP contribution >= 0.6 is 15.9 Å². The van der Waals surface area contributed by atoms with Gasteiger partial charge in [-0.15, -0.1) is 0 Å². The number of nitrogens with one attached hydrogen (secondary N) is 1. The lowest BCUT2D eigenvalue weighted by Gasteiger charge is -2.26. The molecule has 0 atom stereocenters. The van der Waals surface area contributed by atoms with Crippen molar-refractivity contribution in [3.05, 3.63) is 35.6 Å². The van der Waals surface area contributed by atoms with Gasteiger partial charge < -0.3 is 5.32 Å². The number of amides is 1. The molecule has 1 aliphatic rings. The van der Waals surface area contributed by atoms with Gasteiger partial charge in [0.2, 0.25) is 5.91 Å². The predicted molar refractivity (Wildman–Crippen MR) is 73.2 cm³/mol. The van der Waals surface area contributed by atoms with Crippen LogP contribution in [0.25, 0.3) is 0 Å². The molecule has 0 unspecified atom stereocenters. The smallest absolute Gasteiger partial charge is 0.224 e. The molecular formula is C14H17BrFNO. The molecule has 0 heterocycles. The van der Waals surface area contributed by atoms with Gasteiger partial charge in [0, 0.05) is 10.9 Å². The molecule has 2 rings (SSSR count). The summed E-state index contributed by atoms with van der Waals surface area (Å²) >= 11 is 3.59. The summed E-state index contributed by atoms with van der Waals surface area (Å²) in [5, 5.41) is 3.05. The molecule has 0 bridgehead atoms. The van der Waals surface area contributed by atoms with E-state index in [0.29, 0.717) is 17.3 Å². The summed E-state index contributed by atoms with van der Waals surface area (Å²) in [6.07, 6.45) is 4.62. The second-order valence-electron chi connectivity index (χ2n) is 4.82. The van der Waals surface area contributed by atoms with E-state index in [9.17, 15) is 9.18 Å². The Kier molecular flexibility index (Phi) is 4.75. The van der Waals surface area contributed by atoms with Crippen LogP contribution < -0.4 is 5.32 Å². The van der Waals surface area contributed by atoms with E-state index in [2.05, 4.69) is 21.2 Å². The van der Waals surface area contributed by atoms with Gasteiger partial charge in [-0.25, -0.2) is 4.39 Å². The van der Waals surface area contributed by atoms with Gasteiger partial charge in [-0.05, 0) is 43.4 Å². The van der Waals surface area contributed by atoms with Crippen molar-refractivity contribution in [2.75, 3.05) is 0 Å². The zero-order valence-electron chi connectivity index (χ0n) is 10.2. The lowest BCUT2D eigenvalue weighted by atomic mass is 9.95. The maximum Gasteiger partial charge on any atom is 0.224 e. The van der Waals surface area contributed by atoms with E-state index in [-0.39, 0.29) is 11.7 Å². The van der Waals surface area contributed by atoms with Crippen molar-refractivity contribution in [2.45, 2.75) is 43.0 Å². The molecule has 1 N–H and O–H groups in total. The molecule has 0 saturated heterocycles. The van der Waals surface area contributed by atoms with Crippen molar-refractivity contribution in [1.82, 2.24) is 5.32 Å². The Morgan fingerprint density at radius 2 is 1.83 bits per heavy atom. The molecule has 98 valence electrons. The van der Waals surface area contributed by atoms with Crippen LogP contribution in [0.2, 0.25) is 0 Å². The highest BCUT2D eigenvalue weighted by Gasteiger charge is 2.20. The fourth-order valence-electron chi connectivity index (χ4n) is 2.26. The highest BCUT2D eigenvalue weighted by atomic mass is 79.9. The molecule has 1 aromatic rings. The number of carbonyl (C=O) groups excluding carboxylic acids is 1. The minimum Gasteiger partial charge on any atom is -0.353 e. The first-order valence-corrected chi connectivity index (χ1v) is 7.23. The topological polar surface area (TPSA) is 29.1 Å². The minimum absolute atomic E-state index is 0.0274. The zero-order chi connectivity index (χ0) is 13.0. The standard InChI is InChI=1S/C14H17BrFNO/c15-11-3-7-13(8-4-11)17-14(18)9-10-1-5-12(16)6-2-10/h1-2,5-6,11,13H,3-4,7-9H2,(H,17,18). The van der Waals surface area contributed by atoms with Gasteiger partial charge >= 0.3 is 0 Å². The van der Waals surface area contributed by atoms with Gasteiger partial charge in [-0.2, -0.15) is 0 Å². The van der Waals surface area contributed by atoms with Crippen LogP contribution in [0, 0.1) is 5.82 Å². The Morgan fingerprint density at radius 3 is 2.44 bits per heavy atom. The van der Waals surface area contributed by atoms with Crippen LogP contribution in [0.15, 0.2) is 24.3 Å². The van der Waals surface area contributed by atoms with Crippen molar-refractivity contribution in [3.8, 4) is 0 Å². The molecule has 1 amide bonds. The van der Waals surface area contributed by atoms with Gasteiger partial charge in [0.25, 0.3) is 0 Å². The summed E-state index contributed by atoms with van der Waals surface area (Å²) in [7, 11) is 0. The number of hydrogen-bond donors (Lipinski definition) is 1. The largest absolute Gasteiger partial charge is 0.353 e. The summed E-state index contributed by atoms with van der Waals surface area (Å²) in [5.41, 5.74) is 0.850. The second-order valence-corrected chi connectivity index (χ2v) is 6.11. The quantitative estimate of drug-likeness (QED) is 0.853. The van der Waals surface area contributed by atoms with E-state index in [1.807, 2.05) is 0 Å². The normalized spacial score (nSPS) is 23.7. The first-order valence-electron chi connectivity index (χ1n) is 6.31. The van der Waals surface area contributed by atoms with Crippen LogP contribution in [0.4, 0.5) is 4.39 Å². The summed E-state index contributed by atoms with van der Waals surface area (Å²) < 4.78 is 12.7. The summed E-state index contributed by atoms with van der Waals surface area (Å²) in [6, 6.07) is 6.39. The van der Waals surface area contributed by atoms with Crippen molar-refractivity contribution in [1.29, 1.82) is 0 Å². The first kappa shape index (κ1) is 13.5. The number of hydrogen-bond acceptors (Lipinski definition) is 1. The minimum atomic E-state index is -0.269. The number of benzene rings is 1. The van der Waals surface area contributed by atoms with Crippen molar-refractivity contribution in [3.63, 3.8) is 0 Å². The maximum atomic E-state index is 12.7. The number of rotatable bonds is 3. The molecule has 1 aromatic carbocycles. The van der Waals surface area contributed by atoms with E-state index < -0.39 is 0 Å². The first-order chi connectivity index (χ1) is 8.63. The molecule has 0 aromatic heterocycles. The molecule has 0 spiro atoms. The van der Waals surface area contributed by atoms with E-state index in [0.717, 1.165) is 31.2 Å². The van der Waals surface area contributed by atoms with E-state index in [1.165, 1.54) is 12.1 Å². The van der Waals surface area contributed by atoms with Gasteiger partial charge in [0.15, 0.2) is 0 Å². The van der Waals surface area contributed by atoms with Gasteiger partial charge in [0.1, 0.15) is 5.82 Å². The monoisotopic (exact) mass is 313 g/mol. The van der Waals surface area contributed by atoms with Gasteiger partial charge in [0.05, 0.1) is 6.42 Å². The Balaban J connectivity index is 1.80. The van der Waals surface area contributed by atoms with Crippen LogP contribution in [0.1, 0.15) is 31.2 Å². The molecule has 0 radical (unpaired) electrons. The molecule has 1 saturated carbocycles. The highest BCUT2D eigenvalue weighted by Crippen LogP contribution is 2.24. The van der Waals surface area contributed by atoms with Gasteiger partial charge in [-0.3, -0.25) is 4.79 Å². The maximum absolute atomic E-state index is 12.7. The average molecular weight is 314 g/mol. The lowest BCUT2D eigenvalue weighted by molar-refractivity contribution is -0.121. The lowest BCUT2D eigenvalue weighted by Crippen LogP contribution is -2.38. The number of halogens is 2. The molecular weight excluding hydrogens is 297 g/mol. The molecule has 4 heteroatoms. The molecule has 18 heavy (non-hydrogen) atoms. The molecule has 0 aliphatic heterocycles. The Bertz CT molecular complexity index is 399. The van der Waals surface area contributed by atoms with Crippen molar-refractivity contribution in [2.24, 2.45) is 0 Å². The van der Waals surface area contributed by atoms with Gasteiger partial charge in [-0.1, -0.05) is 28.1 Å². The van der Waals surface area contributed by atoms with Crippen LogP contribution in [-0.2, 0) is 11.2 Å². The Morgan fingerprint density at radius 1 is 1.22 bits per heavy atom. The van der Waals surface area contributed by atoms with Crippen LogP contribution in [0.5, 0.6) is 0 Å². The van der Waals surface area contributed by atoms with Crippen LogP contribution in [0.3, 0.4) is 0 Å². The van der Waals surface area contributed by atoms with E-state index >= 15 is 0 Å². The summed E-state index contributed by atoms with van der Waals surface area (Å²) in [5.74, 6) is -0.241. The fourth-order valence-corrected chi connectivity index (χ4v) is 2.79. The summed E-state index contributed by atoms with van der Waals surface area (Å²) in [4.78, 5) is 12.4. The molecule has 1 fully saturated rings. The van der Waals surface area contributed by atoms with Crippen molar-refractivity contribution < 1.29 is 9.18 Å². The third-order valence-corrected chi connectivity index (χ3v) is 4.22.